The van der Waals surface area contributed by atoms with Crippen molar-refractivity contribution in [1.82, 2.24) is 5.32 Å². The lowest BCUT2D eigenvalue weighted by Crippen LogP contribution is -2.39. The minimum absolute atomic E-state index is 0. The molecule has 0 spiro atoms. The molecule has 1 aliphatic heterocycles. The number of aliphatic hydroxyl groups excluding tert-OH is 1. The van der Waals surface area contributed by atoms with Crippen LogP contribution in [0.5, 0.6) is 0 Å². The van der Waals surface area contributed by atoms with E-state index in [0.29, 0.717) is 18.4 Å². The number of hydrogen-bond acceptors (Lipinski definition) is 3. The van der Waals surface area contributed by atoms with Gasteiger partial charge >= 0.3 is 0 Å². The lowest BCUT2D eigenvalue weighted by atomic mass is 9.85. The fourth-order valence-corrected chi connectivity index (χ4v) is 3.63. The molecule has 1 saturated carbocycles. The molecule has 3 rings (SSSR count). The maximum atomic E-state index is 12.4. The highest BCUT2D eigenvalue weighted by atomic mass is 35.5. The first-order valence-corrected chi connectivity index (χ1v) is 8.03. The molecule has 2 fully saturated rings. The average Bonchev–Trinajstić information content (AvgIpc) is 2.94. The van der Waals surface area contributed by atoms with Crippen LogP contribution in [0.25, 0.3) is 0 Å². The van der Waals surface area contributed by atoms with E-state index in [9.17, 15) is 4.79 Å². The molecule has 3 atom stereocenters. The van der Waals surface area contributed by atoms with Crippen LogP contribution < -0.4 is 10.6 Å². The molecular weight excluding hydrogens is 300 g/mol. The second kappa shape index (κ2) is 7.95. The number of anilines is 1. The number of benzene rings is 1. The standard InChI is InChI=1S/C17H24N2O2.ClH/c20-10-9-12-5-7-14(8-6-12)18-17(21)16-11-13-3-1-2-4-15(13)19-16;/h5-8,13,15-16,19-20H,1-4,9-11H2,(H,18,21);1H. The molecule has 5 heteroatoms. The van der Waals surface area contributed by atoms with Gasteiger partial charge in [0, 0.05) is 18.3 Å². The van der Waals surface area contributed by atoms with Gasteiger partial charge in [0.2, 0.25) is 5.91 Å². The van der Waals surface area contributed by atoms with Gasteiger partial charge in [-0.1, -0.05) is 25.0 Å². The Bertz CT molecular complexity index is 478. The molecule has 1 saturated heterocycles. The van der Waals surface area contributed by atoms with Crippen LogP contribution in [0, 0.1) is 5.92 Å². The Morgan fingerprint density at radius 2 is 1.95 bits per heavy atom. The molecular formula is C17H25ClN2O2. The average molecular weight is 325 g/mol. The van der Waals surface area contributed by atoms with Crippen molar-refractivity contribution in [2.75, 3.05) is 11.9 Å². The Kier molecular flexibility index (Phi) is 6.24. The third-order valence-corrected chi connectivity index (χ3v) is 4.80. The normalized spacial score (nSPS) is 26.9. The summed E-state index contributed by atoms with van der Waals surface area (Å²) in [7, 11) is 0. The van der Waals surface area contributed by atoms with E-state index < -0.39 is 0 Å². The molecule has 3 unspecified atom stereocenters. The lowest BCUT2D eigenvalue weighted by Gasteiger charge is -2.24. The minimum Gasteiger partial charge on any atom is -0.396 e. The summed E-state index contributed by atoms with van der Waals surface area (Å²) in [6, 6.07) is 8.22. The van der Waals surface area contributed by atoms with Crippen LogP contribution >= 0.6 is 12.4 Å². The van der Waals surface area contributed by atoms with Gasteiger partial charge in [0.1, 0.15) is 0 Å². The van der Waals surface area contributed by atoms with Gasteiger partial charge < -0.3 is 15.7 Å². The van der Waals surface area contributed by atoms with Crippen molar-refractivity contribution in [3.63, 3.8) is 0 Å². The lowest BCUT2D eigenvalue weighted by molar-refractivity contribution is -0.117. The zero-order chi connectivity index (χ0) is 14.7. The highest BCUT2D eigenvalue weighted by molar-refractivity contribution is 5.95. The quantitative estimate of drug-likeness (QED) is 0.797. The molecule has 3 N–H and O–H groups in total. The second-order valence-corrected chi connectivity index (χ2v) is 6.27. The maximum absolute atomic E-state index is 12.4. The number of carbonyl (C=O) groups excluding carboxylic acids is 1. The van der Waals surface area contributed by atoms with Crippen molar-refractivity contribution < 1.29 is 9.90 Å². The summed E-state index contributed by atoms with van der Waals surface area (Å²) in [5.41, 5.74) is 1.92. The molecule has 22 heavy (non-hydrogen) atoms. The largest absolute Gasteiger partial charge is 0.396 e. The van der Waals surface area contributed by atoms with Crippen LogP contribution in [0.1, 0.15) is 37.7 Å². The summed E-state index contributed by atoms with van der Waals surface area (Å²) in [6.07, 6.45) is 6.70. The van der Waals surface area contributed by atoms with Crippen LogP contribution in [0.3, 0.4) is 0 Å². The Hall–Kier alpha value is -1.10. The van der Waals surface area contributed by atoms with Crippen molar-refractivity contribution in [2.24, 2.45) is 5.92 Å². The molecule has 1 amide bonds. The van der Waals surface area contributed by atoms with Gasteiger partial charge in [-0.05, 0) is 49.3 Å². The molecule has 0 aromatic heterocycles. The summed E-state index contributed by atoms with van der Waals surface area (Å²) in [5.74, 6) is 0.765. The fourth-order valence-electron chi connectivity index (χ4n) is 3.63. The monoisotopic (exact) mass is 324 g/mol. The summed E-state index contributed by atoms with van der Waals surface area (Å²) in [5, 5.41) is 15.4. The predicted molar refractivity (Wildman–Crippen MR) is 90.4 cm³/mol. The molecule has 0 bridgehead atoms. The summed E-state index contributed by atoms with van der Waals surface area (Å²) in [4.78, 5) is 12.4. The van der Waals surface area contributed by atoms with E-state index in [1.807, 2.05) is 24.3 Å². The summed E-state index contributed by atoms with van der Waals surface area (Å²) < 4.78 is 0. The van der Waals surface area contributed by atoms with E-state index in [4.69, 9.17) is 5.11 Å². The number of carbonyl (C=O) groups is 1. The highest BCUT2D eigenvalue weighted by Crippen LogP contribution is 2.33. The van der Waals surface area contributed by atoms with Gasteiger partial charge in [0.15, 0.2) is 0 Å². The van der Waals surface area contributed by atoms with Crippen LogP contribution in [0.2, 0.25) is 0 Å². The summed E-state index contributed by atoms with van der Waals surface area (Å²) in [6.45, 7) is 0.153. The summed E-state index contributed by atoms with van der Waals surface area (Å²) >= 11 is 0. The smallest absolute Gasteiger partial charge is 0.241 e. The first kappa shape index (κ1) is 17.3. The van der Waals surface area contributed by atoms with E-state index in [1.165, 1.54) is 25.7 Å². The van der Waals surface area contributed by atoms with E-state index in [2.05, 4.69) is 10.6 Å². The number of nitrogens with one attached hydrogen (secondary N) is 2. The van der Waals surface area contributed by atoms with Gasteiger partial charge in [-0.2, -0.15) is 0 Å². The van der Waals surface area contributed by atoms with Gasteiger partial charge in [0.25, 0.3) is 0 Å². The van der Waals surface area contributed by atoms with E-state index in [0.717, 1.165) is 17.7 Å². The molecule has 1 aromatic rings. The topological polar surface area (TPSA) is 61.4 Å². The van der Waals surface area contributed by atoms with Gasteiger partial charge in [-0.15, -0.1) is 12.4 Å². The molecule has 1 heterocycles. The third-order valence-electron chi connectivity index (χ3n) is 4.80. The maximum Gasteiger partial charge on any atom is 0.241 e. The van der Waals surface area contributed by atoms with E-state index in [-0.39, 0.29) is 31.0 Å². The van der Waals surface area contributed by atoms with Crippen LogP contribution in [-0.2, 0) is 11.2 Å². The molecule has 4 nitrogen and oxygen atoms in total. The third kappa shape index (κ3) is 4.00. The number of halogens is 1. The van der Waals surface area contributed by atoms with Crippen LogP contribution in [0.4, 0.5) is 5.69 Å². The number of aliphatic hydroxyl groups is 1. The first-order valence-electron chi connectivity index (χ1n) is 8.03. The van der Waals surface area contributed by atoms with Crippen LogP contribution in [-0.4, -0.2) is 29.7 Å². The van der Waals surface area contributed by atoms with Crippen molar-refractivity contribution >= 4 is 24.0 Å². The van der Waals surface area contributed by atoms with Crippen molar-refractivity contribution in [3.8, 4) is 0 Å². The van der Waals surface area contributed by atoms with Gasteiger partial charge in [0.05, 0.1) is 6.04 Å². The Morgan fingerprint density at radius 3 is 2.64 bits per heavy atom. The van der Waals surface area contributed by atoms with Gasteiger partial charge in [-0.3, -0.25) is 4.79 Å². The van der Waals surface area contributed by atoms with Crippen molar-refractivity contribution in [3.05, 3.63) is 29.8 Å². The SMILES string of the molecule is Cl.O=C(Nc1ccc(CCO)cc1)C1CC2CCCCC2N1. The molecule has 1 aromatic carbocycles. The fraction of sp³-hybridized carbons (Fsp3) is 0.588. The van der Waals surface area contributed by atoms with E-state index >= 15 is 0 Å². The number of fused-ring (bicyclic) bond motifs is 1. The van der Waals surface area contributed by atoms with Crippen LogP contribution in [0.15, 0.2) is 24.3 Å². The zero-order valence-electron chi connectivity index (χ0n) is 12.8. The Labute approximate surface area is 138 Å². The molecule has 122 valence electrons. The molecule has 1 aliphatic carbocycles. The number of hydrogen-bond donors (Lipinski definition) is 3. The number of rotatable bonds is 4. The van der Waals surface area contributed by atoms with Crippen molar-refractivity contribution in [1.29, 1.82) is 0 Å². The van der Waals surface area contributed by atoms with E-state index in [1.54, 1.807) is 0 Å². The number of amides is 1. The first-order chi connectivity index (χ1) is 10.3. The predicted octanol–water partition coefficient (Wildman–Crippen LogP) is 2.50. The molecule has 2 aliphatic rings. The molecule has 0 radical (unpaired) electrons. The second-order valence-electron chi connectivity index (χ2n) is 6.27. The minimum atomic E-state index is -0.0461. The highest BCUT2D eigenvalue weighted by Gasteiger charge is 2.38. The van der Waals surface area contributed by atoms with Gasteiger partial charge in [-0.25, -0.2) is 0 Å². The Morgan fingerprint density at radius 1 is 1.23 bits per heavy atom. The zero-order valence-corrected chi connectivity index (χ0v) is 13.6. The Balaban J connectivity index is 0.00000176. The van der Waals surface area contributed by atoms with Crippen molar-refractivity contribution in [2.45, 2.75) is 50.6 Å².